The Labute approximate surface area is 204 Å². The Morgan fingerprint density at radius 1 is 1.23 bits per heavy atom. The Morgan fingerprint density at radius 3 is 2.66 bits per heavy atom. The van der Waals surface area contributed by atoms with E-state index in [2.05, 4.69) is 15.6 Å². The molecule has 1 N–H and O–H groups in total. The fourth-order valence-corrected chi connectivity index (χ4v) is 4.22. The zero-order valence-corrected chi connectivity index (χ0v) is 20.4. The van der Waals surface area contributed by atoms with Gasteiger partial charge in [0.05, 0.1) is 11.6 Å². The number of aromatic nitrogens is 3. The molecule has 2 heterocycles. The predicted octanol–water partition coefficient (Wildman–Crippen LogP) is 3.62. The van der Waals surface area contributed by atoms with Crippen LogP contribution in [0.15, 0.2) is 48.5 Å². The second kappa shape index (κ2) is 10.5. The summed E-state index contributed by atoms with van der Waals surface area (Å²) in [5.74, 6) is -1.03. The molecule has 9 heteroatoms. The first-order valence-corrected chi connectivity index (χ1v) is 12.0. The van der Waals surface area contributed by atoms with E-state index < -0.39 is 17.4 Å². The van der Waals surface area contributed by atoms with E-state index in [0.29, 0.717) is 24.1 Å². The molecule has 2 atom stereocenters. The second-order valence-electron chi connectivity index (χ2n) is 9.60. The Bertz CT molecular complexity index is 1170. The average molecular weight is 482 g/mol. The molecule has 2 aromatic carbocycles. The summed E-state index contributed by atoms with van der Waals surface area (Å²) in [7, 11) is 0. The van der Waals surface area contributed by atoms with Crippen LogP contribution >= 0.6 is 0 Å². The third-order valence-electron chi connectivity index (χ3n) is 6.54. The van der Waals surface area contributed by atoms with Gasteiger partial charge in [0.25, 0.3) is 0 Å². The third-order valence-corrected chi connectivity index (χ3v) is 6.54. The Hall–Kier alpha value is -3.33. The van der Waals surface area contributed by atoms with Crippen LogP contribution in [0.5, 0.6) is 0 Å². The van der Waals surface area contributed by atoms with E-state index in [-0.39, 0.29) is 31.0 Å². The van der Waals surface area contributed by atoms with Gasteiger partial charge in [-0.1, -0.05) is 36.4 Å². The van der Waals surface area contributed by atoms with E-state index in [0.717, 1.165) is 18.4 Å². The van der Waals surface area contributed by atoms with Gasteiger partial charge in [-0.3, -0.25) is 9.59 Å². The molecule has 2 unspecified atom stereocenters. The Kier molecular flexibility index (Phi) is 7.45. The van der Waals surface area contributed by atoms with E-state index in [1.807, 2.05) is 45.0 Å². The molecule has 0 radical (unpaired) electrons. The van der Waals surface area contributed by atoms with Gasteiger partial charge in [0.1, 0.15) is 23.9 Å². The van der Waals surface area contributed by atoms with Gasteiger partial charge in [-0.25, -0.2) is 9.07 Å². The summed E-state index contributed by atoms with van der Waals surface area (Å²) in [6, 6.07) is 12.2. The molecule has 1 aromatic heterocycles. The topological polar surface area (TPSA) is 89.4 Å². The lowest BCUT2D eigenvalue weighted by Crippen LogP contribution is -2.52. The fourth-order valence-electron chi connectivity index (χ4n) is 4.22. The van der Waals surface area contributed by atoms with Gasteiger partial charge < -0.3 is 15.0 Å². The molecule has 186 valence electrons. The highest BCUT2D eigenvalue weighted by Gasteiger charge is 2.36. The number of nitrogens with zero attached hydrogens (tertiary/aromatic N) is 4. The van der Waals surface area contributed by atoms with Crippen molar-refractivity contribution in [3.63, 3.8) is 0 Å². The van der Waals surface area contributed by atoms with Crippen LogP contribution in [0.2, 0.25) is 0 Å². The van der Waals surface area contributed by atoms with Crippen LogP contribution < -0.4 is 5.32 Å². The summed E-state index contributed by atoms with van der Waals surface area (Å²) in [5, 5.41) is 11.4. The van der Waals surface area contributed by atoms with Crippen molar-refractivity contribution in [2.75, 3.05) is 13.2 Å². The SMILES string of the molecule is CCC(C)(C)NC(=O)C(c1ccc(F)cc1)N(CC1CCCO1)C(=O)Cn1nnc2ccccc21. The molecule has 1 aliphatic heterocycles. The first-order valence-electron chi connectivity index (χ1n) is 12.0. The average Bonchev–Trinajstić information content (AvgIpc) is 3.50. The van der Waals surface area contributed by atoms with Crippen molar-refractivity contribution in [1.29, 1.82) is 0 Å². The monoisotopic (exact) mass is 481 g/mol. The van der Waals surface area contributed by atoms with E-state index in [4.69, 9.17) is 4.74 Å². The van der Waals surface area contributed by atoms with Gasteiger partial charge >= 0.3 is 0 Å². The maximum absolute atomic E-state index is 13.8. The maximum Gasteiger partial charge on any atom is 0.247 e. The quantitative estimate of drug-likeness (QED) is 0.504. The molecule has 0 saturated carbocycles. The number of ether oxygens (including phenoxy) is 1. The summed E-state index contributed by atoms with van der Waals surface area (Å²) in [6.07, 6.45) is 2.23. The van der Waals surface area contributed by atoms with Gasteiger partial charge in [0.15, 0.2) is 0 Å². The van der Waals surface area contributed by atoms with E-state index in [1.165, 1.54) is 16.8 Å². The van der Waals surface area contributed by atoms with Gasteiger partial charge in [-0.2, -0.15) is 0 Å². The van der Waals surface area contributed by atoms with E-state index >= 15 is 0 Å². The third kappa shape index (κ3) is 5.85. The highest BCUT2D eigenvalue weighted by Crippen LogP contribution is 2.27. The number of carbonyl (C=O) groups excluding carboxylic acids is 2. The number of carbonyl (C=O) groups is 2. The maximum atomic E-state index is 13.8. The van der Waals surface area contributed by atoms with Gasteiger partial charge in [-0.05, 0) is 62.9 Å². The number of rotatable bonds is 9. The van der Waals surface area contributed by atoms with Crippen molar-refractivity contribution >= 4 is 22.8 Å². The van der Waals surface area contributed by atoms with Crippen molar-refractivity contribution < 1.29 is 18.7 Å². The van der Waals surface area contributed by atoms with Gasteiger partial charge in [0, 0.05) is 18.7 Å². The van der Waals surface area contributed by atoms with E-state index in [9.17, 15) is 14.0 Å². The molecule has 2 amide bonds. The number of benzene rings is 2. The molecular formula is C26H32FN5O3. The van der Waals surface area contributed by atoms with Crippen molar-refractivity contribution in [2.45, 2.75) is 64.3 Å². The van der Waals surface area contributed by atoms with Crippen LogP contribution in [0, 0.1) is 5.82 Å². The van der Waals surface area contributed by atoms with Crippen molar-refractivity contribution in [3.05, 3.63) is 59.9 Å². The normalized spacial score (nSPS) is 16.9. The number of amides is 2. The van der Waals surface area contributed by atoms with Crippen LogP contribution in [-0.4, -0.2) is 56.5 Å². The Balaban J connectivity index is 1.70. The van der Waals surface area contributed by atoms with Gasteiger partial charge in [0.2, 0.25) is 11.8 Å². The fraction of sp³-hybridized carbons (Fsp3) is 0.462. The molecule has 3 aromatic rings. The van der Waals surface area contributed by atoms with Crippen molar-refractivity contribution in [1.82, 2.24) is 25.2 Å². The number of hydrogen-bond acceptors (Lipinski definition) is 5. The summed E-state index contributed by atoms with van der Waals surface area (Å²) in [4.78, 5) is 29.0. The largest absolute Gasteiger partial charge is 0.376 e. The molecule has 1 fully saturated rings. The van der Waals surface area contributed by atoms with Crippen LogP contribution in [0.1, 0.15) is 51.6 Å². The summed E-state index contributed by atoms with van der Waals surface area (Å²) in [6.45, 7) is 6.62. The van der Waals surface area contributed by atoms with Crippen LogP contribution in [0.25, 0.3) is 11.0 Å². The molecule has 0 aliphatic carbocycles. The molecule has 4 rings (SSSR count). The van der Waals surface area contributed by atoms with Crippen LogP contribution in [0.4, 0.5) is 4.39 Å². The van der Waals surface area contributed by atoms with Crippen molar-refractivity contribution in [2.24, 2.45) is 0 Å². The smallest absolute Gasteiger partial charge is 0.247 e. The second-order valence-corrected chi connectivity index (χ2v) is 9.60. The lowest BCUT2D eigenvalue weighted by atomic mass is 9.98. The summed E-state index contributed by atoms with van der Waals surface area (Å²) >= 11 is 0. The standard InChI is InChI=1S/C26H32FN5O3/c1-4-26(2,3)28-25(34)24(18-11-13-19(27)14-12-18)31(16-20-8-7-15-35-20)23(33)17-32-22-10-6-5-9-21(22)29-30-32/h5-6,9-14,20,24H,4,7-8,15-17H2,1-3H3,(H,28,34). The summed E-state index contributed by atoms with van der Waals surface area (Å²) < 4.78 is 21.1. The molecule has 1 aliphatic rings. The first-order chi connectivity index (χ1) is 16.8. The number of nitrogens with one attached hydrogen (secondary N) is 1. The van der Waals surface area contributed by atoms with Crippen LogP contribution in [-0.2, 0) is 20.9 Å². The molecule has 0 bridgehead atoms. The molecule has 1 saturated heterocycles. The van der Waals surface area contributed by atoms with Crippen LogP contribution in [0.3, 0.4) is 0 Å². The molecular weight excluding hydrogens is 449 g/mol. The van der Waals surface area contributed by atoms with E-state index in [1.54, 1.807) is 17.0 Å². The number of halogens is 1. The highest BCUT2D eigenvalue weighted by molar-refractivity contribution is 5.89. The lowest BCUT2D eigenvalue weighted by Gasteiger charge is -2.35. The zero-order valence-electron chi connectivity index (χ0n) is 20.4. The highest BCUT2D eigenvalue weighted by atomic mass is 19.1. The lowest BCUT2D eigenvalue weighted by molar-refractivity contribution is -0.144. The first kappa shape index (κ1) is 24.8. The minimum atomic E-state index is -0.951. The number of fused-ring (bicyclic) bond motifs is 1. The molecule has 8 nitrogen and oxygen atoms in total. The predicted molar refractivity (Wildman–Crippen MR) is 130 cm³/mol. The Morgan fingerprint density at radius 2 is 1.97 bits per heavy atom. The molecule has 0 spiro atoms. The zero-order chi connectivity index (χ0) is 25.0. The number of para-hydroxylation sites is 1. The van der Waals surface area contributed by atoms with Gasteiger partial charge in [-0.15, -0.1) is 5.10 Å². The summed E-state index contributed by atoms with van der Waals surface area (Å²) in [5.41, 5.74) is 1.47. The minimum Gasteiger partial charge on any atom is -0.376 e. The van der Waals surface area contributed by atoms with Crippen molar-refractivity contribution in [3.8, 4) is 0 Å². The number of hydrogen-bond donors (Lipinski definition) is 1. The molecule has 35 heavy (non-hydrogen) atoms. The minimum absolute atomic E-state index is 0.0879.